The SMILES string of the molecule is CSNc1cc(-c2cc(C)c(=O)n(C)c2)cc2c1c(C(F)(F)F)nn2Cc1ccccc1. The zero-order chi connectivity index (χ0) is 23.0. The van der Waals surface area contributed by atoms with Crippen molar-refractivity contribution in [3.8, 4) is 11.1 Å². The molecule has 0 spiro atoms. The molecule has 0 aliphatic heterocycles. The zero-order valence-electron chi connectivity index (χ0n) is 17.7. The van der Waals surface area contributed by atoms with Crippen molar-refractivity contribution in [2.75, 3.05) is 11.0 Å². The van der Waals surface area contributed by atoms with E-state index in [1.807, 2.05) is 30.3 Å². The normalized spacial score (nSPS) is 11.8. The molecule has 0 aliphatic carbocycles. The summed E-state index contributed by atoms with van der Waals surface area (Å²) >= 11 is 1.21. The lowest BCUT2D eigenvalue weighted by molar-refractivity contribution is -0.140. The Morgan fingerprint density at radius 1 is 1.09 bits per heavy atom. The van der Waals surface area contributed by atoms with Crippen LogP contribution in [-0.4, -0.2) is 20.6 Å². The van der Waals surface area contributed by atoms with E-state index in [9.17, 15) is 18.0 Å². The highest BCUT2D eigenvalue weighted by Crippen LogP contribution is 2.41. The van der Waals surface area contributed by atoms with Crippen molar-refractivity contribution in [1.82, 2.24) is 14.3 Å². The molecule has 0 saturated carbocycles. The molecule has 2 aromatic carbocycles. The Morgan fingerprint density at radius 2 is 1.81 bits per heavy atom. The predicted molar refractivity (Wildman–Crippen MR) is 123 cm³/mol. The van der Waals surface area contributed by atoms with Crippen molar-refractivity contribution < 1.29 is 13.2 Å². The number of alkyl halides is 3. The quantitative estimate of drug-likeness (QED) is 0.403. The first-order valence-corrected chi connectivity index (χ1v) is 11.0. The Kier molecular flexibility index (Phi) is 5.77. The van der Waals surface area contributed by atoms with E-state index < -0.39 is 11.9 Å². The molecule has 0 amide bonds. The molecule has 2 aromatic heterocycles. The molecule has 4 aromatic rings. The number of hydrogen-bond acceptors (Lipinski definition) is 4. The van der Waals surface area contributed by atoms with Crippen LogP contribution in [0.5, 0.6) is 0 Å². The number of anilines is 1. The van der Waals surface area contributed by atoms with Crippen LogP contribution in [0.3, 0.4) is 0 Å². The lowest BCUT2D eigenvalue weighted by atomic mass is 10.0. The van der Waals surface area contributed by atoms with Crippen molar-refractivity contribution >= 4 is 28.5 Å². The van der Waals surface area contributed by atoms with E-state index in [2.05, 4.69) is 9.82 Å². The molecule has 0 radical (unpaired) electrons. The van der Waals surface area contributed by atoms with Crippen molar-refractivity contribution in [2.24, 2.45) is 7.05 Å². The largest absolute Gasteiger partial charge is 0.435 e. The summed E-state index contributed by atoms with van der Waals surface area (Å²) in [6.07, 6.45) is -1.18. The van der Waals surface area contributed by atoms with Gasteiger partial charge in [0.05, 0.1) is 23.1 Å². The van der Waals surface area contributed by atoms with E-state index in [-0.39, 0.29) is 17.5 Å². The van der Waals surface area contributed by atoms with Crippen molar-refractivity contribution in [3.63, 3.8) is 0 Å². The second kappa shape index (κ2) is 8.38. The first-order valence-electron chi connectivity index (χ1n) is 9.81. The molecule has 0 saturated heterocycles. The van der Waals surface area contributed by atoms with E-state index in [4.69, 9.17) is 0 Å². The first kappa shape index (κ1) is 22.0. The molecule has 5 nitrogen and oxygen atoms in total. The van der Waals surface area contributed by atoms with Gasteiger partial charge in [0.2, 0.25) is 0 Å². The first-order chi connectivity index (χ1) is 15.2. The Balaban J connectivity index is 2.01. The summed E-state index contributed by atoms with van der Waals surface area (Å²) < 4.78 is 47.6. The van der Waals surface area contributed by atoms with Gasteiger partial charge in [-0.2, -0.15) is 18.3 Å². The fourth-order valence-electron chi connectivity index (χ4n) is 3.77. The molecule has 0 atom stereocenters. The second-order valence-electron chi connectivity index (χ2n) is 7.54. The van der Waals surface area contributed by atoms with Crippen LogP contribution < -0.4 is 10.3 Å². The topological polar surface area (TPSA) is 51.9 Å². The monoisotopic (exact) mass is 458 g/mol. The Bertz CT molecular complexity index is 1320. The zero-order valence-corrected chi connectivity index (χ0v) is 18.5. The van der Waals surface area contributed by atoms with Gasteiger partial charge < -0.3 is 9.29 Å². The minimum absolute atomic E-state index is 0.0214. The average Bonchev–Trinajstić information content (AvgIpc) is 3.12. The molecule has 2 heterocycles. The van der Waals surface area contributed by atoms with Gasteiger partial charge >= 0.3 is 6.18 Å². The molecule has 166 valence electrons. The number of nitrogens with one attached hydrogen (secondary N) is 1. The van der Waals surface area contributed by atoms with Gasteiger partial charge in [0.25, 0.3) is 5.56 Å². The van der Waals surface area contributed by atoms with Gasteiger partial charge in [-0.05, 0) is 41.8 Å². The number of pyridine rings is 1. The van der Waals surface area contributed by atoms with Crippen molar-refractivity contribution in [1.29, 1.82) is 0 Å². The molecule has 1 N–H and O–H groups in total. The number of benzene rings is 2. The van der Waals surface area contributed by atoms with Gasteiger partial charge in [0, 0.05) is 25.1 Å². The minimum Gasteiger partial charge on any atom is -0.329 e. The van der Waals surface area contributed by atoms with Gasteiger partial charge in [0.1, 0.15) is 0 Å². The number of aryl methyl sites for hydroxylation is 2. The van der Waals surface area contributed by atoms with Crippen LogP contribution in [0.15, 0.2) is 59.5 Å². The third-order valence-electron chi connectivity index (χ3n) is 5.20. The number of hydrogen-bond donors (Lipinski definition) is 1. The van der Waals surface area contributed by atoms with Crippen LogP contribution >= 0.6 is 11.9 Å². The van der Waals surface area contributed by atoms with Crippen LogP contribution in [0.25, 0.3) is 22.0 Å². The fraction of sp³-hybridized carbons (Fsp3) is 0.217. The van der Waals surface area contributed by atoms with Crippen LogP contribution in [-0.2, 0) is 19.8 Å². The Hall–Kier alpha value is -3.20. The van der Waals surface area contributed by atoms with Crippen LogP contribution in [0, 0.1) is 6.92 Å². The predicted octanol–water partition coefficient (Wildman–Crippen LogP) is 5.47. The summed E-state index contributed by atoms with van der Waals surface area (Å²) in [7, 11) is 1.65. The van der Waals surface area contributed by atoms with E-state index in [1.165, 1.54) is 21.2 Å². The van der Waals surface area contributed by atoms with Gasteiger partial charge in [-0.1, -0.05) is 42.3 Å². The van der Waals surface area contributed by atoms with E-state index >= 15 is 0 Å². The molecule has 0 unspecified atom stereocenters. The number of fused-ring (bicyclic) bond motifs is 1. The highest BCUT2D eigenvalue weighted by molar-refractivity contribution is 7.99. The molecular formula is C23H21F3N4OS. The number of rotatable bonds is 5. The highest BCUT2D eigenvalue weighted by Gasteiger charge is 2.38. The van der Waals surface area contributed by atoms with Crippen LogP contribution in [0.2, 0.25) is 0 Å². The Morgan fingerprint density at radius 3 is 2.44 bits per heavy atom. The lowest BCUT2D eigenvalue weighted by Gasteiger charge is -2.12. The summed E-state index contributed by atoms with van der Waals surface area (Å²) in [5.41, 5.74) is 2.46. The highest BCUT2D eigenvalue weighted by atomic mass is 32.2. The third-order valence-corrected chi connectivity index (χ3v) is 5.63. The summed E-state index contributed by atoms with van der Waals surface area (Å²) in [4.78, 5) is 12.1. The Labute approximate surface area is 187 Å². The number of aromatic nitrogens is 3. The summed E-state index contributed by atoms with van der Waals surface area (Å²) in [6, 6.07) is 14.3. The van der Waals surface area contributed by atoms with Crippen molar-refractivity contribution in [2.45, 2.75) is 19.6 Å². The standard InChI is InChI=1S/C23H21F3N4OS/c1-14-9-17(13-29(2)22(14)31)16-10-18(28-32-3)20-19(11-16)30(27-21(20)23(24,25)26)12-15-7-5-4-6-8-15/h4-11,13,28H,12H2,1-3H3. The second-order valence-corrected chi connectivity index (χ2v) is 8.15. The smallest absolute Gasteiger partial charge is 0.329 e. The molecular weight excluding hydrogens is 437 g/mol. The van der Waals surface area contributed by atoms with Gasteiger partial charge in [-0.25, -0.2) is 0 Å². The number of halogens is 3. The third kappa shape index (κ3) is 4.12. The van der Waals surface area contributed by atoms with Gasteiger partial charge in [-0.15, -0.1) is 0 Å². The van der Waals surface area contributed by atoms with Crippen molar-refractivity contribution in [3.05, 3.63) is 81.9 Å². The molecule has 32 heavy (non-hydrogen) atoms. The molecule has 0 aliphatic rings. The van der Waals surface area contributed by atoms with E-state index in [0.29, 0.717) is 22.3 Å². The number of nitrogens with zero attached hydrogens (tertiary/aromatic N) is 3. The molecule has 0 fully saturated rings. The van der Waals surface area contributed by atoms with Crippen LogP contribution in [0.4, 0.5) is 18.9 Å². The van der Waals surface area contributed by atoms with Gasteiger partial charge in [-0.3, -0.25) is 9.48 Å². The lowest BCUT2D eigenvalue weighted by Crippen LogP contribution is -2.18. The molecule has 0 bridgehead atoms. The molecule has 9 heteroatoms. The fourth-order valence-corrected chi connectivity index (χ4v) is 4.15. The maximum Gasteiger partial charge on any atom is 0.435 e. The van der Waals surface area contributed by atoms with Gasteiger partial charge in [0.15, 0.2) is 5.69 Å². The van der Waals surface area contributed by atoms with E-state index in [0.717, 1.165) is 11.1 Å². The minimum atomic E-state index is -4.61. The molecule has 4 rings (SSSR count). The maximum absolute atomic E-state index is 13.9. The summed E-state index contributed by atoms with van der Waals surface area (Å²) in [5.74, 6) is 0. The van der Waals surface area contributed by atoms with Crippen LogP contribution in [0.1, 0.15) is 16.8 Å². The van der Waals surface area contributed by atoms with E-state index in [1.54, 1.807) is 44.6 Å². The average molecular weight is 459 g/mol. The summed E-state index contributed by atoms with van der Waals surface area (Å²) in [6.45, 7) is 1.91. The summed E-state index contributed by atoms with van der Waals surface area (Å²) in [5, 5.41) is 3.99. The maximum atomic E-state index is 13.9.